The van der Waals surface area contributed by atoms with Gasteiger partial charge in [-0.25, -0.2) is 4.39 Å². The van der Waals surface area contributed by atoms with Crippen molar-refractivity contribution < 1.29 is 9.13 Å². The minimum atomic E-state index is -0.256. The summed E-state index contributed by atoms with van der Waals surface area (Å²) in [6.07, 6.45) is 1.76. The van der Waals surface area contributed by atoms with Gasteiger partial charge in [-0.05, 0) is 54.4 Å². The van der Waals surface area contributed by atoms with Gasteiger partial charge < -0.3 is 4.74 Å². The Hall–Kier alpha value is -2.65. The van der Waals surface area contributed by atoms with E-state index in [-0.39, 0.29) is 5.82 Å². The normalized spacial score (nSPS) is 11.0. The molecule has 0 aliphatic heterocycles. The van der Waals surface area contributed by atoms with Crippen LogP contribution in [0.4, 0.5) is 10.1 Å². The number of nitrogens with zero attached hydrogens (tertiary/aromatic N) is 1. The van der Waals surface area contributed by atoms with E-state index < -0.39 is 0 Å². The second-order valence-electron chi connectivity index (χ2n) is 5.60. The van der Waals surface area contributed by atoms with Gasteiger partial charge in [-0.2, -0.15) is 0 Å². The lowest BCUT2D eigenvalue weighted by Gasteiger charge is -2.09. The van der Waals surface area contributed by atoms with Crippen LogP contribution in [0.25, 0.3) is 0 Å². The predicted molar refractivity (Wildman–Crippen MR) is 101 cm³/mol. The van der Waals surface area contributed by atoms with Crippen molar-refractivity contribution in [1.29, 1.82) is 0 Å². The maximum Gasteiger partial charge on any atom is 0.128 e. The van der Waals surface area contributed by atoms with Gasteiger partial charge in [0.05, 0.1) is 5.69 Å². The van der Waals surface area contributed by atoms with Gasteiger partial charge in [0, 0.05) is 16.8 Å². The van der Waals surface area contributed by atoms with Gasteiger partial charge in [0.15, 0.2) is 0 Å². The summed E-state index contributed by atoms with van der Waals surface area (Å²) in [5, 5.41) is 0.690. The first-order valence-corrected chi connectivity index (χ1v) is 8.27. The van der Waals surface area contributed by atoms with Gasteiger partial charge in [0.25, 0.3) is 0 Å². The highest BCUT2D eigenvalue weighted by Crippen LogP contribution is 2.26. The molecule has 2 nitrogen and oxygen atoms in total. The molecule has 0 heterocycles. The molecule has 0 bridgehead atoms. The molecule has 0 N–H and O–H groups in total. The molecule has 0 amide bonds. The van der Waals surface area contributed by atoms with Gasteiger partial charge in [0.1, 0.15) is 18.2 Å². The van der Waals surface area contributed by atoms with E-state index in [1.165, 1.54) is 12.1 Å². The van der Waals surface area contributed by atoms with Crippen LogP contribution in [-0.2, 0) is 6.61 Å². The zero-order chi connectivity index (χ0) is 17.6. The number of hydrogen-bond donors (Lipinski definition) is 0. The summed E-state index contributed by atoms with van der Waals surface area (Å²) in [4.78, 5) is 4.53. The summed E-state index contributed by atoms with van der Waals surface area (Å²) in [6.45, 7) is 2.30. The molecular weight excluding hydrogens is 337 g/mol. The number of ether oxygens (including phenoxy) is 1. The lowest BCUT2D eigenvalue weighted by molar-refractivity contribution is 0.305. The molecule has 0 aliphatic carbocycles. The van der Waals surface area contributed by atoms with Crippen molar-refractivity contribution in [1.82, 2.24) is 0 Å². The third-order valence-electron chi connectivity index (χ3n) is 3.81. The maximum atomic E-state index is 13.0. The highest BCUT2D eigenvalue weighted by atomic mass is 35.5. The largest absolute Gasteiger partial charge is 0.488 e. The monoisotopic (exact) mass is 353 g/mol. The number of halogens is 2. The average molecular weight is 354 g/mol. The van der Waals surface area contributed by atoms with Crippen molar-refractivity contribution in [3.05, 3.63) is 94.3 Å². The molecule has 25 heavy (non-hydrogen) atoms. The molecule has 0 fully saturated rings. The number of aliphatic imine (C=N–C) groups is 1. The minimum absolute atomic E-state index is 0.256. The van der Waals surface area contributed by atoms with Crippen LogP contribution in [0.3, 0.4) is 0 Å². The molecule has 0 atom stereocenters. The first kappa shape index (κ1) is 17.2. The van der Waals surface area contributed by atoms with Crippen molar-refractivity contribution in [3.63, 3.8) is 0 Å². The first-order valence-electron chi connectivity index (χ1n) is 7.89. The van der Waals surface area contributed by atoms with E-state index in [0.717, 1.165) is 28.1 Å². The molecule has 0 saturated carbocycles. The van der Waals surface area contributed by atoms with Crippen LogP contribution < -0.4 is 4.74 Å². The molecule has 0 radical (unpaired) electrons. The van der Waals surface area contributed by atoms with Crippen LogP contribution in [0.15, 0.2) is 71.7 Å². The Balaban J connectivity index is 1.77. The molecule has 4 heteroatoms. The number of rotatable bonds is 5. The molecule has 126 valence electrons. The zero-order valence-electron chi connectivity index (χ0n) is 13.7. The van der Waals surface area contributed by atoms with Gasteiger partial charge in [-0.1, -0.05) is 41.9 Å². The summed E-state index contributed by atoms with van der Waals surface area (Å²) in [5.41, 5.74) is 3.52. The third kappa shape index (κ3) is 4.46. The van der Waals surface area contributed by atoms with Crippen LogP contribution in [0.5, 0.6) is 5.75 Å². The SMILES string of the molecule is Cc1c(Cl)cccc1N=Cc1ccccc1OCc1ccc(F)cc1. The summed E-state index contributed by atoms with van der Waals surface area (Å²) < 4.78 is 18.8. The fourth-order valence-electron chi connectivity index (χ4n) is 2.34. The van der Waals surface area contributed by atoms with Gasteiger partial charge in [-0.3, -0.25) is 4.99 Å². The van der Waals surface area contributed by atoms with Crippen LogP contribution in [0.1, 0.15) is 16.7 Å². The fraction of sp³-hybridized carbons (Fsp3) is 0.0952. The zero-order valence-corrected chi connectivity index (χ0v) is 14.5. The topological polar surface area (TPSA) is 21.6 Å². The predicted octanol–water partition coefficient (Wildman–Crippen LogP) is 6.12. The molecular formula is C21H17ClFNO. The van der Waals surface area contributed by atoms with E-state index in [1.54, 1.807) is 18.3 Å². The lowest BCUT2D eigenvalue weighted by Crippen LogP contribution is -1.98. The number of hydrogen-bond acceptors (Lipinski definition) is 2. The van der Waals surface area contributed by atoms with Crippen LogP contribution >= 0.6 is 11.6 Å². The van der Waals surface area contributed by atoms with Crippen molar-refractivity contribution >= 4 is 23.5 Å². The van der Waals surface area contributed by atoms with E-state index in [0.29, 0.717) is 11.6 Å². The van der Waals surface area contributed by atoms with E-state index in [2.05, 4.69) is 4.99 Å². The van der Waals surface area contributed by atoms with Crippen molar-refractivity contribution in [2.75, 3.05) is 0 Å². The molecule has 0 spiro atoms. The van der Waals surface area contributed by atoms with E-state index in [9.17, 15) is 4.39 Å². The van der Waals surface area contributed by atoms with Gasteiger partial charge in [0.2, 0.25) is 0 Å². The lowest BCUT2D eigenvalue weighted by atomic mass is 10.2. The molecule has 0 unspecified atom stereocenters. The molecule has 3 aromatic carbocycles. The van der Waals surface area contributed by atoms with Crippen LogP contribution in [-0.4, -0.2) is 6.21 Å². The van der Waals surface area contributed by atoms with Crippen LogP contribution in [0.2, 0.25) is 5.02 Å². The Morgan fingerprint density at radius 1 is 1.00 bits per heavy atom. The number of para-hydroxylation sites is 1. The van der Waals surface area contributed by atoms with Crippen molar-refractivity contribution in [2.45, 2.75) is 13.5 Å². The minimum Gasteiger partial charge on any atom is -0.488 e. The second-order valence-corrected chi connectivity index (χ2v) is 6.00. The molecule has 0 saturated heterocycles. The highest BCUT2D eigenvalue weighted by Gasteiger charge is 2.03. The fourth-order valence-corrected chi connectivity index (χ4v) is 2.50. The van der Waals surface area contributed by atoms with Gasteiger partial charge in [-0.15, -0.1) is 0 Å². The second kappa shape index (κ2) is 7.95. The Labute approximate surface area is 151 Å². The molecule has 0 aromatic heterocycles. The third-order valence-corrected chi connectivity index (χ3v) is 4.22. The standard InChI is InChI=1S/C21H17ClFNO/c1-15-19(22)6-4-7-20(15)24-13-17-5-2-3-8-21(17)25-14-16-9-11-18(23)12-10-16/h2-13H,14H2,1H3. The smallest absolute Gasteiger partial charge is 0.128 e. The highest BCUT2D eigenvalue weighted by molar-refractivity contribution is 6.31. The van der Waals surface area contributed by atoms with E-state index in [4.69, 9.17) is 16.3 Å². The first-order chi connectivity index (χ1) is 12.1. The Morgan fingerprint density at radius 2 is 1.76 bits per heavy atom. The van der Waals surface area contributed by atoms with Gasteiger partial charge >= 0.3 is 0 Å². The molecule has 3 rings (SSSR count). The Bertz CT molecular complexity index is 891. The maximum absolute atomic E-state index is 13.0. The quantitative estimate of drug-likeness (QED) is 0.506. The summed E-state index contributed by atoms with van der Waals surface area (Å²) >= 11 is 6.13. The Kier molecular flexibility index (Phi) is 5.46. The summed E-state index contributed by atoms with van der Waals surface area (Å²) in [7, 11) is 0. The van der Waals surface area contributed by atoms with E-state index >= 15 is 0 Å². The van der Waals surface area contributed by atoms with E-state index in [1.807, 2.05) is 49.4 Å². The molecule has 3 aromatic rings. The average Bonchev–Trinajstić information content (AvgIpc) is 2.63. The summed E-state index contributed by atoms with van der Waals surface area (Å²) in [5.74, 6) is 0.462. The number of benzene rings is 3. The Morgan fingerprint density at radius 3 is 2.56 bits per heavy atom. The van der Waals surface area contributed by atoms with Crippen LogP contribution in [0, 0.1) is 12.7 Å². The van der Waals surface area contributed by atoms with Crippen molar-refractivity contribution in [2.24, 2.45) is 4.99 Å². The van der Waals surface area contributed by atoms with Crippen molar-refractivity contribution in [3.8, 4) is 5.75 Å². The molecule has 0 aliphatic rings. The summed E-state index contributed by atoms with van der Waals surface area (Å²) in [6, 6.07) is 19.6.